The predicted octanol–water partition coefficient (Wildman–Crippen LogP) is 5.17. The fourth-order valence-corrected chi connectivity index (χ4v) is 3.30. The maximum atomic E-state index is 3.70. The summed E-state index contributed by atoms with van der Waals surface area (Å²) in [5.41, 5.74) is 2.86. The molecule has 1 nitrogen and oxygen atoms in total. The Hall–Kier alpha value is -1.12. The van der Waals surface area contributed by atoms with Gasteiger partial charge in [-0.25, -0.2) is 0 Å². The molecule has 0 saturated heterocycles. The summed E-state index contributed by atoms with van der Waals surface area (Å²) in [6, 6.07) is 19.4. The quantitative estimate of drug-likeness (QED) is 0.696. The second kappa shape index (κ2) is 9.01. The van der Waals surface area contributed by atoms with Crippen molar-refractivity contribution in [2.45, 2.75) is 32.1 Å². The van der Waals surface area contributed by atoms with E-state index in [9.17, 15) is 0 Å². The number of likely N-dealkylation sites (N-methyl/N-ethyl adjacent to an activating group) is 1. The third kappa shape index (κ3) is 5.29. The van der Waals surface area contributed by atoms with E-state index in [1.807, 2.05) is 0 Å². The number of rotatable bonds is 8. The average Bonchev–Trinajstić information content (AvgIpc) is 2.52. The van der Waals surface area contributed by atoms with Crippen LogP contribution in [0.2, 0.25) is 0 Å². The zero-order valence-electron chi connectivity index (χ0n) is 12.7. The molecule has 0 heterocycles. The first-order chi connectivity index (χ1) is 10.3. The van der Waals surface area contributed by atoms with E-state index in [0.717, 1.165) is 19.5 Å². The standard InChI is InChI=1S/C19H24BrN/c1-2-21-15-17(18-13-6-7-14-19(18)20)12-8-11-16-9-4-3-5-10-16/h3-7,9-10,13-14,17,21H,2,8,11-12,15H2,1H3. The monoisotopic (exact) mass is 345 g/mol. The first kappa shape index (κ1) is 16.3. The van der Waals surface area contributed by atoms with Crippen molar-refractivity contribution in [3.63, 3.8) is 0 Å². The Morgan fingerprint density at radius 2 is 1.71 bits per heavy atom. The Bertz CT molecular complexity index is 524. The number of hydrogen-bond acceptors (Lipinski definition) is 1. The van der Waals surface area contributed by atoms with Crippen molar-refractivity contribution in [2.75, 3.05) is 13.1 Å². The molecule has 112 valence electrons. The van der Waals surface area contributed by atoms with Gasteiger partial charge in [-0.05, 0) is 48.9 Å². The smallest absolute Gasteiger partial charge is 0.0210 e. The lowest BCUT2D eigenvalue weighted by Gasteiger charge is -2.19. The second-order valence-electron chi connectivity index (χ2n) is 5.40. The maximum Gasteiger partial charge on any atom is 0.0210 e. The van der Waals surface area contributed by atoms with Crippen LogP contribution >= 0.6 is 15.9 Å². The van der Waals surface area contributed by atoms with Crippen molar-refractivity contribution in [3.05, 3.63) is 70.2 Å². The van der Waals surface area contributed by atoms with E-state index in [1.54, 1.807) is 0 Å². The molecule has 0 bridgehead atoms. The summed E-state index contributed by atoms with van der Waals surface area (Å²) in [4.78, 5) is 0. The fourth-order valence-electron chi connectivity index (χ4n) is 2.69. The molecular formula is C19H24BrN. The van der Waals surface area contributed by atoms with Gasteiger partial charge in [0.1, 0.15) is 0 Å². The van der Waals surface area contributed by atoms with Crippen LogP contribution in [-0.2, 0) is 6.42 Å². The van der Waals surface area contributed by atoms with Crippen LogP contribution in [0, 0.1) is 0 Å². The minimum Gasteiger partial charge on any atom is -0.316 e. The van der Waals surface area contributed by atoms with E-state index in [0.29, 0.717) is 5.92 Å². The highest BCUT2D eigenvalue weighted by molar-refractivity contribution is 9.10. The van der Waals surface area contributed by atoms with Gasteiger partial charge in [-0.1, -0.05) is 71.4 Å². The SMILES string of the molecule is CCNCC(CCCc1ccccc1)c1ccccc1Br. The van der Waals surface area contributed by atoms with Crippen molar-refractivity contribution >= 4 is 15.9 Å². The molecule has 1 N–H and O–H groups in total. The summed E-state index contributed by atoms with van der Waals surface area (Å²) in [5, 5.41) is 3.50. The molecule has 0 amide bonds. The van der Waals surface area contributed by atoms with Gasteiger partial charge in [0.15, 0.2) is 0 Å². The Kier molecular flexibility index (Phi) is 6.98. The van der Waals surface area contributed by atoms with Crippen molar-refractivity contribution in [3.8, 4) is 0 Å². The highest BCUT2D eigenvalue weighted by Gasteiger charge is 2.13. The lowest BCUT2D eigenvalue weighted by molar-refractivity contribution is 0.541. The Labute approximate surface area is 136 Å². The van der Waals surface area contributed by atoms with Crippen LogP contribution in [-0.4, -0.2) is 13.1 Å². The number of hydrogen-bond donors (Lipinski definition) is 1. The van der Waals surface area contributed by atoms with Gasteiger partial charge in [0.2, 0.25) is 0 Å². The molecule has 0 aromatic heterocycles. The number of nitrogens with one attached hydrogen (secondary N) is 1. The van der Waals surface area contributed by atoms with E-state index >= 15 is 0 Å². The van der Waals surface area contributed by atoms with Crippen molar-refractivity contribution in [1.82, 2.24) is 5.32 Å². The van der Waals surface area contributed by atoms with E-state index in [1.165, 1.54) is 28.4 Å². The third-order valence-electron chi connectivity index (χ3n) is 3.85. The first-order valence-electron chi connectivity index (χ1n) is 7.80. The van der Waals surface area contributed by atoms with E-state index in [4.69, 9.17) is 0 Å². The topological polar surface area (TPSA) is 12.0 Å². The lowest BCUT2D eigenvalue weighted by Crippen LogP contribution is -2.21. The minimum absolute atomic E-state index is 0.573. The third-order valence-corrected chi connectivity index (χ3v) is 4.57. The zero-order chi connectivity index (χ0) is 14.9. The molecular weight excluding hydrogens is 322 g/mol. The normalized spacial score (nSPS) is 12.3. The van der Waals surface area contributed by atoms with Gasteiger partial charge >= 0.3 is 0 Å². The molecule has 0 radical (unpaired) electrons. The molecule has 0 saturated carbocycles. The van der Waals surface area contributed by atoms with Gasteiger partial charge in [0, 0.05) is 11.0 Å². The molecule has 0 fully saturated rings. The molecule has 1 atom stereocenters. The van der Waals surface area contributed by atoms with Crippen LogP contribution in [0.3, 0.4) is 0 Å². The van der Waals surface area contributed by atoms with Gasteiger partial charge in [-0.3, -0.25) is 0 Å². The van der Waals surface area contributed by atoms with E-state index in [-0.39, 0.29) is 0 Å². The Morgan fingerprint density at radius 3 is 2.43 bits per heavy atom. The highest BCUT2D eigenvalue weighted by atomic mass is 79.9. The van der Waals surface area contributed by atoms with Gasteiger partial charge in [-0.15, -0.1) is 0 Å². The van der Waals surface area contributed by atoms with Gasteiger partial charge in [0.05, 0.1) is 0 Å². The summed E-state index contributed by atoms with van der Waals surface area (Å²) in [5.74, 6) is 0.573. The molecule has 2 heteroatoms. The summed E-state index contributed by atoms with van der Waals surface area (Å²) in [6.07, 6.45) is 3.60. The molecule has 2 aromatic rings. The van der Waals surface area contributed by atoms with Gasteiger partial charge in [0.25, 0.3) is 0 Å². The van der Waals surface area contributed by atoms with Crippen LogP contribution in [0.25, 0.3) is 0 Å². The second-order valence-corrected chi connectivity index (χ2v) is 6.26. The number of benzene rings is 2. The zero-order valence-corrected chi connectivity index (χ0v) is 14.3. The maximum absolute atomic E-state index is 3.70. The van der Waals surface area contributed by atoms with Crippen molar-refractivity contribution in [2.24, 2.45) is 0 Å². The molecule has 0 spiro atoms. The summed E-state index contributed by atoms with van der Waals surface area (Å²) >= 11 is 3.70. The largest absolute Gasteiger partial charge is 0.316 e. The van der Waals surface area contributed by atoms with E-state index < -0.39 is 0 Å². The first-order valence-corrected chi connectivity index (χ1v) is 8.59. The summed E-state index contributed by atoms with van der Waals surface area (Å²) in [7, 11) is 0. The number of halogens is 1. The molecule has 0 aliphatic heterocycles. The predicted molar refractivity (Wildman–Crippen MR) is 94.8 cm³/mol. The van der Waals surface area contributed by atoms with Crippen molar-refractivity contribution < 1.29 is 0 Å². The lowest BCUT2D eigenvalue weighted by atomic mass is 9.92. The molecule has 1 unspecified atom stereocenters. The minimum atomic E-state index is 0.573. The van der Waals surface area contributed by atoms with Crippen LogP contribution in [0.15, 0.2) is 59.1 Å². The average molecular weight is 346 g/mol. The van der Waals surface area contributed by atoms with Gasteiger partial charge < -0.3 is 5.32 Å². The van der Waals surface area contributed by atoms with Crippen LogP contribution in [0.1, 0.15) is 36.8 Å². The van der Waals surface area contributed by atoms with Crippen molar-refractivity contribution in [1.29, 1.82) is 0 Å². The molecule has 21 heavy (non-hydrogen) atoms. The fraction of sp³-hybridized carbons (Fsp3) is 0.368. The summed E-state index contributed by atoms with van der Waals surface area (Å²) < 4.78 is 1.23. The van der Waals surface area contributed by atoms with E-state index in [2.05, 4.69) is 82.8 Å². The highest BCUT2D eigenvalue weighted by Crippen LogP contribution is 2.28. The van der Waals surface area contributed by atoms with Crippen LogP contribution in [0.5, 0.6) is 0 Å². The van der Waals surface area contributed by atoms with Crippen LogP contribution in [0.4, 0.5) is 0 Å². The molecule has 0 aliphatic carbocycles. The molecule has 0 aliphatic rings. The summed E-state index contributed by atoms with van der Waals surface area (Å²) in [6.45, 7) is 4.24. The Balaban J connectivity index is 1.95. The van der Waals surface area contributed by atoms with Gasteiger partial charge in [-0.2, -0.15) is 0 Å². The Morgan fingerprint density at radius 1 is 1.00 bits per heavy atom. The number of aryl methyl sites for hydroxylation is 1. The van der Waals surface area contributed by atoms with Crippen LogP contribution < -0.4 is 5.32 Å². The molecule has 2 aromatic carbocycles. The molecule has 2 rings (SSSR count).